The van der Waals surface area contributed by atoms with Crippen molar-refractivity contribution in [3.05, 3.63) is 47.0 Å². The fourth-order valence-electron chi connectivity index (χ4n) is 2.86. The van der Waals surface area contributed by atoms with Crippen LogP contribution in [0.5, 0.6) is 0 Å². The minimum atomic E-state index is -0.595. The molecule has 3 rings (SSSR count). The zero-order valence-electron chi connectivity index (χ0n) is 13.2. The maximum Gasteiger partial charge on any atom is 0.267 e. The van der Waals surface area contributed by atoms with E-state index in [-0.39, 0.29) is 11.5 Å². The van der Waals surface area contributed by atoms with Gasteiger partial charge in [-0.1, -0.05) is 0 Å². The van der Waals surface area contributed by atoms with Crippen LogP contribution in [-0.4, -0.2) is 38.7 Å². The average molecular weight is 312 g/mol. The third-order valence-electron chi connectivity index (χ3n) is 4.19. The number of piperidine rings is 1. The molecule has 1 unspecified atom stereocenters. The fraction of sp³-hybridized carbons (Fsp3) is 0.412. The summed E-state index contributed by atoms with van der Waals surface area (Å²) in [6, 6.07) is 6.19. The molecule has 2 aromatic heterocycles. The van der Waals surface area contributed by atoms with Gasteiger partial charge in [-0.2, -0.15) is 5.10 Å². The lowest BCUT2D eigenvalue weighted by atomic mass is 10.1. The van der Waals surface area contributed by atoms with Crippen molar-refractivity contribution in [1.29, 1.82) is 0 Å². The Bertz CT molecular complexity index is 736. The molecule has 1 fully saturated rings. The number of likely N-dealkylation sites (tertiary alicyclic amines) is 1. The molecule has 0 bridgehead atoms. The Labute approximate surface area is 134 Å². The van der Waals surface area contributed by atoms with Crippen LogP contribution in [0.25, 0.3) is 11.3 Å². The summed E-state index contributed by atoms with van der Waals surface area (Å²) in [4.78, 5) is 30.6. The zero-order chi connectivity index (χ0) is 16.2. The molecule has 0 saturated carbocycles. The highest BCUT2D eigenvalue weighted by atomic mass is 16.2. The van der Waals surface area contributed by atoms with Crippen LogP contribution in [0.3, 0.4) is 0 Å². The number of amides is 1. The first-order chi connectivity index (χ1) is 11.2. The second-order valence-corrected chi connectivity index (χ2v) is 5.80. The first-order valence-corrected chi connectivity index (χ1v) is 7.96. The summed E-state index contributed by atoms with van der Waals surface area (Å²) in [5.74, 6) is -0.0359. The van der Waals surface area contributed by atoms with Gasteiger partial charge in [0.15, 0.2) is 0 Å². The van der Waals surface area contributed by atoms with Crippen molar-refractivity contribution < 1.29 is 4.79 Å². The molecular weight excluding hydrogens is 292 g/mol. The second kappa shape index (κ2) is 6.73. The van der Waals surface area contributed by atoms with E-state index in [1.54, 1.807) is 25.4 Å². The molecule has 3 heterocycles. The SMILES string of the molecule is CC(C(=O)N1CCCCC1)n1nc(-c2ccncc2)ccc1=O. The van der Waals surface area contributed by atoms with Crippen LogP contribution in [0.1, 0.15) is 32.2 Å². The second-order valence-electron chi connectivity index (χ2n) is 5.80. The van der Waals surface area contributed by atoms with Crippen molar-refractivity contribution in [3.63, 3.8) is 0 Å². The minimum absolute atomic E-state index is 0.0359. The van der Waals surface area contributed by atoms with Crippen LogP contribution in [0.15, 0.2) is 41.5 Å². The maximum absolute atomic E-state index is 12.6. The predicted octanol–water partition coefficient (Wildman–Crippen LogP) is 1.88. The molecule has 0 spiro atoms. The summed E-state index contributed by atoms with van der Waals surface area (Å²) in [7, 11) is 0. The summed E-state index contributed by atoms with van der Waals surface area (Å²) < 4.78 is 1.28. The number of pyridine rings is 1. The van der Waals surface area contributed by atoms with Crippen LogP contribution in [0, 0.1) is 0 Å². The van der Waals surface area contributed by atoms with Crippen LogP contribution >= 0.6 is 0 Å². The largest absolute Gasteiger partial charge is 0.341 e. The van der Waals surface area contributed by atoms with E-state index in [4.69, 9.17) is 0 Å². The Kier molecular flexibility index (Phi) is 4.50. The van der Waals surface area contributed by atoms with Crippen molar-refractivity contribution in [3.8, 4) is 11.3 Å². The highest BCUT2D eigenvalue weighted by Gasteiger charge is 2.24. The van der Waals surface area contributed by atoms with Crippen molar-refractivity contribution in [2.45, 2.75) is 32.2 Å². The molecular formula is C17H20N4O2. The first kappa shape index (κ1) is 15.4. The van der Waals surface area contributed by atoms with Gasteiger partial charge in [0.05, 0.1) is 5.69 Å². The van der Waals surface area contributed by atoms with E-state index >= 15 is 0 Å². The summed E-state index contributed by atoms with van der Waals surface area (Å²) in [6.07, 6.45) is 6.56. The third kappa shape index (κ3) is 3.31. The van der Waals surface area contributed by atoms with Crippen LogP contribution in [0.2, 0.25) is 0 Å². The van der Waals surface area contributed by atoms with E-state index < -0.39 is 6.04 Å². The van der Waals surface area contributed by atoms with Gasteiger partial charge in [-0.15, -0.1) is 0 Å². The van der Waals surface area contributed by atoms with Crippen molar-refractivity contribution in [2.24, 2.45) is 0 Å². The molecule has 1 amide bonds. The van der Waals surface area contributed by atoms with Gasteiger partial charge in [-0.25, -0.2) is 4.68 Å². The van der Waals surface area contributed by atoms with E-state index in [2.05, 4.69) is 10.1 Å². The quantitative estimate of drug-likeness (QED) is 0.868. The van der Waals surface area contributed by atoms with Crippen LogP contribution < -0.4 is 5.56 Å². The fourth-order valence-corrected chi connectivity index (χ4v) is 2.86. The highest BCUT2D eigenvalue weighted by molar-refractivity contribution is 5.80. The summed E-state index contributed by atoms with van der Waals surface area (Å²) in [5, 5.41) is 4.39. The summed E-state index contributed by atoms with van der Waals surface area (Å²) in [5.41, 5.74) is 1.26. The number of hydrogen-bond donors (Lipinski definition) is 0. The van der Waals surface area contributed by atoms with Crippen molar-refractivity contribution in [1.82, 2.24) is 19.7 Å². The number of hydrogen-bond acceptors (Lipinski definition) is 4. The first-order valence-electron chi connectivity index (χ1n) is 7.96. The highest BCUT2D eigenvalue weighted by Crippen LogP contribution is 2.17. The third-order valence-corrected chi connectivity index (χ3v) is 4.19. The van der Waals surface area contributed by atoms with E-state index in [9.17, 15) is 9.59 Å². The minimum Gasteiger partial charge on any atom is -0.341 e. The average Bonchev–Trinajstić information content (AvgIpc) is 2.62. The van der Waals surface area contributed by atoms with E-state index in [1.165, 1.54) is 10.7 Å². The zero-order valence-corrected chi connectivity index (χ0v) is 13.2. The van der Waals surface area contributed by atoms with Gasteiger partial charge in [-0.05, 0) is 44.4 Å². The normalized spacial score (nSPS) is 16.1. The summed E-state index contributed by atoms with van der Waals surface area (Å²) in [6.45, 7) is 3.27. The Morgan fingerprint density at radius 1 is 1.09 bits per heavy atom. The number of carbonyl (C=O) groups excluding carboxylic acids is 1. The molecule has 1 aliphatic heterocycles. The molecule has 0 radical (unpaired) electrons. The number of nitrogens with zero attached hydrogens (tertiary/aromatic N) is 4. The molecule has 6 heteroatoms. The topological polar surface area (TPSA) is 68.1 Å². The van der Waals surface area contributed by atoms with Crippen molar-refractivity contribution in [2.75, 3.05) is 13.1 Å². The van der Waals surface area contributed by atoms with Crippen molar-refractivity contribution >= 4 is 5.91 Å². The molecule has 2 aromatic rings. The van der Waals surface area contributed by atoms with Gasteiger partial charge in [0.1, 0.15) is 6.04 Å². The maximum atomic E-state index is 12.6. The molecule has 0 aromatic carbocycles. The molecule has 120 valence electrons. The monoisotopic (exact) mass is 312 g/mol. The van der Waals surface area contributed by atoms with Crippen LogP contribution in [-0.2, 0) is 4.79 Å². The molecule has 0 aliphatic carbocycles. The smallest absolute Gasteiger partial charge is 0.267 e. The lowest BCUT2D eigenvalue weighted by Gasteiger charge is -2.29. The van der Waals surface area contributed by atoms with Gasteiger partial charge >= 0.3 is 0 Å². The Morgan fingerprint density at radius 3 is 2.48 bits per heavy atom. The molecule has 1 aliphatic rings. The Balaban J connectivity index is 1.89. The number of aromatic nitrogens is 3. The molecule has 1 atom stereocenters. The van der Waals surface area contributed by atoms with Gasteiger partial charge in [0, 0.05) is 37.1 Å². The standard InChI is InChI=1S/C17H20N4O2/c1-13(17(23)20-11-3-2-4-12-20)21-16(22)6-5-15(19-21)14-7-9-18-10-8-14/h5-10,13H,2-4,11-12H2,1H3. The Hall–Kier alpha value is -2.50. The lowest BCUT2D eigenvalue weighted by Crippen LogP contribution is -2.42. The summed E-state index contributed by atoms with van der Waals surface area (Å²) >= 11 is 0. The van der Waals surface area contributed by atoms with E-state index in [1.807, 2.05) is 17.0 Å². The van der Waals surface area contributed by atoms with E-state index in [0.29, 0.717) is 5.69 Å². The predicted molar refractivity (Wildman–Crippen MR) is 86.9 cm³/mol. The van der Waals surface area contributed by atoms with Gasteiger partial charge in [0.25, 0.3) is 5.56 Å². The Morgan fingerprint density at radius 2 is 1.78 bits per heavy atom. The number of rotatable bonds is 3. The lowest BCUT2D eigenvalue weighted by molar-refractivity contribution is -0.135. The molecule has 23 heavy (non-hydrogen) atoms. The van der Waals surface area contributed by atoms with Gasteiger partial charge < -0.3 is 4.90 Å². The molecule has 6 nitrogen and oxygen atoms in total. The van der Waals surface area contributed by atoms with E-state index in [0.717, 1.165) is 37.9 Å². The number of carbonyl (C=O) groups is 1. The van der Waals surface area contributed by atoms with Crippen LogP contribution in [0.4, 0.5) is 0 Å². The van der Waals surface area contributed by atoms with Gasteiger partial charge in [0.2, 0.25) is 5.91 Å². The van der Waals surface area contributed by atoms with Gasteiger partial charge in [-0.3, -0.25) is 14.6 Å². The molecule has 0 N–H and O–H groups in total. The molecule has 1 saturated heterocycles.